The number of rotatable bonds is 7. The van der Waals surface area contributed by atoms with E-state index in [1.807, 2.05) is 31.2 Å². The van der Waals surface area contributed by atoms with Crippen LogP contribution < -0.4 is 15.8 Å². The van der Waals surface area contributed by atoms with Gasteiger partial charge >= 0.3 is 0 Å². The van der Waals surface area contributed by atoms with Gasteiger partial charge in [0.1, 0.15) is 5.75 Å². The van der Waals surface area contributed by atoms with Crippen LogP contribution >= 0.6 is 0 Å². The minimum atomic E-state index is -0.271. The molecule has 2 aromatic rings. The van der Waals surface area contributed by atoms with E-state index in [0.29, 0.717) is 18.7 Å². The van der Waals surface area contributed by atoms with E-state index in [1.165, 1.54) is 0 Å². The second kappa shape index (κ2) is 8.68. The lowest BCUT2D eigenvalue weighted by molar-refractivity contribution is -0.122. The van der Waals surface area contributed by atoms with E-state index in [9.17, 15) is 9.59 Å². The van der Waals surface area contributed by atoms with Gasteiger partial charge in [-0.15, -0.1) is 0 Å². The van der Waals surface area contributed by atoms with E-state index < -0.39 is 0 Å². The van der Waals surface area contributed by atoms with Crippen LogP contribution in [-0.2, 0) is 11.3 Å². The number of nitrogens with two attached hydrogens (primary N) is 1. The Balaban J connectivity index is 1.65. The van der Waals surface area contributed by atoms with Crippen LogP contribution in [0.15, 0.2) is 48.5 Å². The van der Waals surface area contributed by atoms with E-state index in [-0.39, 0.29) is 17.9 Å². The Bertz CT molecular complexity index is 805. The standard InChI is InChI=1S/C21H25N3O3/c1-2-27-18-10-8-16(9-11-18)21(26)23-17-6-3-5-15(13-17)14-24-12-4-7-19(24)20(22)25/h3,5-6,8-11,13,19H,2,4,7,12,14H2,1H3,(H2,22,25)(H,23,26)/t19-/m0/s1. The van der Waals surface area contributed by atoms with Crippen LogP contribution in [-0.4, -0.2) is 35.9 Å². The van der Waals surface area contributed by atoms with Gasteiger partial charge in [0.2, 0.25) is 5.91 Å². The van der Waals surface area contributed by atoms with Crippen molar-refractivity contribution in [2.45, 2.75) is 32.4 Å². The zero-order valence-corrected chi connectivity index (χ0v) is 15.5. The third-order valence-electron chi connectivity index (χ3n) is 4.69. The topological polar surface area (TPSA) is 84.7 Å². The highest BCUT2D eigenvalue weighted by Gasteiger charge is 2.28. The summed E-state index contributed by atoms with van der Waals surface area (Å²) in [5.74, 6) is 0.296. The lowest BCUT2D eigenvalue weighted by Gasteiger charge is -2.22. The molecule has 1 heterocycles. The van der Waals surface area contributed by atoms with Crippen molar-refractivity contribution in [2.75, 3.05) is 18.5 Å². The van der Waals surface area contributed by atoms with Gasteiger partial charge in [-0.1, -0.05) is 12.1 Å². The summed E-state index contributed by atoms with van der Waals surface area (Å²) in [5.41, 5.74) is 7.81. The average Bonchev–Trinajstić information content (AvgIpc) is 3.11. The van der Waals surface area contributed by atoms with Crippen LogP contribution in [0.2, 0.25) is 0 Å². The predicted molar refractivity (Wildman–Crippen MR) is 105 cm³/mol. The maximum atomic E-state index is 12.5. The number of nitrogens with one attached hydrogen (secondary N) is 1. The number of primary amides is 1. The zero-order valence-electron chi connectivity index (χ0n) is 15.5. The fourth-order valence-electron chi connectivity index (χ4n) is 3.39. The molecule has 1 aliphatic heterocycles. The average molecular weight is 367 g/mol. The summed E-state index contributed by atoms with van der Waals surface area (Å²) < 4.78 is 5.39. The van der Waals surface area contributed by atoms with Crippen molar-refractivity contribution in [3.05, 3.63) is 59.7 Å². The molecule has 1 atom stereocenters. The molecule has 3 N–H and O–H groups in total. The van der Waals surface area contributed by atoms with Crippen LogP contribution in [0.3, 0.4) is 0 Å². The Morgan fingerprint density at radius 1 is 1.22 bits per heavy atom. The molecule has 2 amide bonds. The first-order valence-electron chi connectivity index (χ1n) is 9.23. The number of anilines is 1. The monoisotopic (exact) mass is 367 g/mol. The van der Waals surface area contributed by atoms with Gasteiger partial charge < -0.3 is 15.8 Å². The number of carbonyl (C=O) groups is 2. The summed E-state index contributed by atoms with van der Waals surface area (Å²) in [6, 6.07) is 14.5. The van der Waals surface area contributed by atoms with Gasteiger partial charge in [0.15, 0.2) is 0 Å². The van der Waals surface area contributed by atoms with Gasteiger partial charge in [0.25, 0.3) is 5.91 Å². The Labute approximate surface area is 159 Å². The number of hydrogen-bond donors (Lipinski definition) is 2. The largest absolute Gasteiger partial charge is 0.494 e. The molecule has 0 radical (unpaired) electrons. The third kappa shape index (κ3) is 4.86. The summed E-state index contributed by atoms with van der Waals surface area (Å²) in [6.45, 7) is 4.00. The molecule has 1 saturated heterocycles. The lowest BCUT2D eigenvalue weighted by atomic mass is 10.1. The minimum absolute atomic E-state index is 0.175. The molecule has 0 aliphatic carbocycles. The van der Waals surface area contributed by atoms with Gasteiger partial charge in [0, 0.05) is 17.8 Å². The molecule has 1 fully saturated rings. The maximum Gasteiger partial charge on any atom is 0.255 e. The van der Waals surface area contributed by atoms with Crippen molar-refractivity contribution in [1.29, 1.82) is 0 Å². The van der Waals surface area contributed by atoms with E-state index in [1.54, 1.807) is 24.3 Å². The normalized spacial score (nSPS) is 16.9. The van der Waals surface area contributed by atoms with Crippen molar-refractivity contribution in [3.63, 3.8) is 0 Å². The van der Waals surface area contributed by atoms with Gasteiger partial charge in [0.05, 0.1) is 12.6 Å². The zero-order chi connectivity index (χ0) is 19.2. The van der Waals surface area contributed by atoms with Crippen molar-refractivity contribution < 1.29 is 14.3 Å². The fraction of sp³-hybridized carbons (Fsp3) is 0.333. The second-order valence-corrected chi connectivity index (χ2v) is 6.64. The molecule has 27 heavy (non-hydrogen) atoms. The van der Waals surface area contributed by atoms with Gasteiger partial charge in [-0.25, -0.2) is 0 Å². The SMILES string of the molecule is CCOc1ccc(C(=O)Nc2cccc(CN3CCC[C@H]3C(N)=O)c2)cc1. The molecular formula is C21H25N3O3. The van der Waals surface area contributed by atoms with Gasteiger partial charge in [-0.3, -0.25) is 14.5 Å². The van der Waals surface area contributed by atoms with Crippen molar-refractivity contribution in [2.24, 2.45) is 5.73 Å². The third-order valence-corrected chi connectivity index (χ3v) is 4.69. The van der Waals surface area contributed by atoms with Crippen LogP contribution in [0, 0.1) is 0 Å². The number of nitrogens with zero attached hydrogens (tertiary/aromatic N) is 1. The fourth-order valence-corrected chi connectivity index (χ4v) is 3.39. The van der Waals surface area contributed by atoms with Crippen LogP contribution in [0.5, 0.6) is 5.75 Å². The molecule has 2 aromatic carbocycles. The van der Waals surface area contributed by atoms with Crippen molar-refractivity contribution in [1.82, 2.24) is 4.90 Å². The molecule has 0 unspecified atom stereocenters. The molecule has 0 spiro atoms. The highest BCUT2D eigenvalue weighted by Crippen LogP contribution is 2.21. The highest BCUT2D eigenvalue weighted by atomic mass is 16.5. The number of ether oxygens (including phenoxy) is 1. The van der Waals surface area contributed by atoms with Crippen LogP contribution in [0.1, 0.15) is 35.7 Å². The summed E-state index contributed by atoms with van der Waals surface area (Å²) in [5, 5.41) is 2.92. The van der Waals surface area contributed by atoms with E-state index in [0.717, 1.165) is 36.4 Å². The van der Waals surface area contributed by atoms with E-state index in [4.69, 9.17) is 10.5 Å². The molecule has 0 saturated carbocycles. The number of amides is 2. The molecule has 1 aliphatic rings. The quantitative estimate of drug-likeness (QED) is 0.788. The summed E-state index contributed by atoms with van der Waals surface area (Å²) >= 11 is 0. The Kier molecular flexibility index (Phi) is 6.08. The first-order valence-corrected chi connectivity index (χ1v) is 9.23. The smallest absolute Gasteiger partial charge is 0.255 e. The summed E-state index contributed by atoms with van der Waals surface area (Å²) in [6.07, 6.45) is 1.78. The molecular weight excluding hydrogens is 342 g/mol. The Hall–Kier alpha value is -2.86. The Morgan fingerprint density at radius 2 is 2.00 bits per heavy atom. The van der Waals surface area contributed by atoms with Crippen LogP contribution in [0.25, 0.3) is 0 Å². The Morgan fingerprint density at radius 3 is 2.70 bits per heavy atom. The number of carbonyl (C=O) groups excluding carboxylic acids is 2. The molecule has 142 valence electrons. The number of benzene rings is 2. The first-order chi connectivity index (χ1) is 13.1. The van der Waals surface area contributed by atoms with E-state index >= 15 is 0 Å². The number of hydrogen-bond acceptors (Lipinski definition) is 4. The molecule has 0 aromatic heterocycles. The van der Waals surface area contributed by atoms with Crippen LogP contribution in [0.4, 0.5) is 5.69 Å². The first kappa shape index (κ1) is 18.9. The number of likely N-dealkylation sites (tertiary alicyclic amines) is 1. The van der Waals surface area contributed by atoms with Gasteiger partial charge in [-0.05, 0) is 68.3 Å². The lowest BCUT2D eigenvalue weighted by Crippen LogP contribution is -2.39. The second-order valence-electron chi connectivity index (χ2n) is 6.64. The van der Waals surface area contributed by atoms with Crippen molar-refractivity contribution >= 4 is 17.5 Å². The molecule has 3 rings (SSSR count). The predicted octanol–water partition coefficient (Wildman–Crippen LogP) is 2.79. The molecule has 6 heteroatoms. The van der Waals surface area contributed by atoms with Gasteiger partial charge in [-0.2, -0.15) is 0 Å². The minimum Gasteiger partial charge on any atom is -0.494 e. The van der Waals surface area contributed by atoms with E-state index in [2.05, 4.69) is 10.2 Å². The molecule has 6 nitrogen and oxygen atoms in total. The summed E-state index contributed by atoms with van der Waals surface area (Å²) in [4.78, 5) is 26.1. The highest BCUT2D eigenvalue weighted by molar-refractivity contribution is 6.04. The molecule has 0 bridgehead atoms. The maximum absolute atomic E-state index is 12.5. The summed E-state index contributed by atoms with van der Waals surface area (Å²) in [7, 11) is 0. The van der Waals surface area contributed by atoms with Crippen molar-refractivity contribution in [3.8, 4) is 5.75 Å².